The largest absolute Gasteiger partial charge is 0.487 e. The highest BCUT2D eigenvalue weighted by Crippen LogP contribution is 2.23. The molecule has 128 valence electrons. The highest BCUT2D eigenvalue weighted by molar-refractivity contribution is 5.94. The van der Waals surface area contributed by atoms with E-state index < -0.39 is 0 Å². The van der Waals surface area contributed by atoms with Crippen LogP contribution in [0.4, 0.5) is 0 Å². The van der Waals surface area contributed by atoms with Crippen molar-refractivity contribution in [3.05, 3.63) is 66.4 Å². The Hall–Kier alpha value is -3.09. The summed E-state index contributed by atoms with van der Waals surface area (Å²) in [6.45, 7) is 1.69. The van der Waals surface area contributed by atoms with Crippen LogP contribution in [0.5, 0.6) is 5.75 Å². The van der Waals surface area contributed by atoms with Gasteiger partial charge in [-0.1, -0.05) is 23.4 Å². The normalized spacial score (nSPS) is 17.0. The fourth-order valence-corrected chi connectivity index (χ4v) is 2.94. The SMILES string of the molecule is O=C(c1ccoc1)N1CCC(n2cc(COc3ccccc3)nn2)C1. The third-order valence-electron chi connectivity index (χ3n) is 4.28. The summed E-state index contributed by atoms with van der Waals surface area (Å²) in [7, 11) is 0. The molecule has 0 spiro atoms. The molecule has 3 aromatic rings. The summed E-state index contributed by atoms with van der Waals surface area (Å²) in [5, 5.41) is 8.36. The van der Waals surface area contributed by atoms with Crippen LogP contribution in [0.2, 0.25) is 0 Å². The standard InChI is InChI=1S/C18H18N4O3/c23-18(14-7-9-24-12-14)21-8-6-16(11-21)22-10-15(19-20-22)13-25-17-4-2-1-3-5-17/h1-5,7,9-10,12,16H,6,8,11,13H2. The lowest BCUT2D eigenvalue weighted by atomic mass is 10.3. The van der Waals surface area contributed by atoms with E-state index in [1.807, 2.05) is 46.1 Å². The number of para-hydroxylation sites is 1. The molecular weight excluding hydrogens is 320 g/mol. The van der Waals surface area contributed by atoms with Crippen molar-refractivity contribution in [2.24, 2.45) is 0 Å². The predicted octanol–water partition coefficient (Wildman–Crippen LogP) is 2.54. The summed E-state index contributed by atoms with van der Waals surface area (Å²) in [5.74, 6) is 0.791. The number of furan rings is 1. The van der Waals surface area contributed by atoms with Crippen LogP contribution >= 0.6 is 0 Å². The lowest BCUT2D eigenvalue weighted by molar-refractivity contribution is 0.0786. The number of ether oxygens (including phenoxy) is 1. The second-order valence-electron chi connectivity index (χ2n) is 6.00. The van der Waals surface area contributed by atoms with Gasteiger partial charge in [0.05, 0.1) is 24.1 Å². The maximum absolute atomic E-state index is 12.4. The number of carbonyl (C=O) groups excluding carboxylic acids is 1. The lowest BCUT2D eigenvalue weighted by Crippen LogP contribution is -2.28. The topological polar surface area (TPSA) is 73.4 Å². The molecule has 1 aliphatic heterocycles. The van der Waals surface area contributed by atoms with Gasteiger partial charge in [0.15, 0.2) is 0 Å². The highest BCUT2D eigenvalue weighted by atomic mass is 16.5. The summed E-state index contributed by atoms with van der Waals surface area (Å²) in [6.07, 6.45) is 5.73. The van der Waals surface area contributed by atoms with E-state index in [1.54, 1.807) is 6.07 Å². The van der Waals surface area contributed by atoms with Gasteiger partial charge in [-0.25, -0.2) is 4.68 Å². The van der Waals surface area contributed by atoms with Gasteiger partial charge in [0, 0.05) is 13.1 Å². The van der Waals surface area contributed by atoms with Gasteiger partial charge in [-0.15, -0.1) is 5.10 Å². The number of carbonyl (C=O) groups is 1. The molecule has 25 heavy (non-hydrogen) atoms. The van der Waals surface area contributed by atoms with Crippen molar-refractivity contribution in [3.8, 4) is 5.75 Å². The van der Waals surface area contributed by atoms with Crippen LogP contribution in [0.15, 0.2) is 59.5 Å². The quantitative estimate of drug-likeness (QED) is 0.715. The Kier molecular flexibility index (Phi) is 4.20. The van der Waals surface area contributed by atoms with Crippen LogP contribution in [0.25, 0.3) is 0 Å². The average molecular weight is 338 g/mol. The fourth-order valence-electron chi connectivity index (χ4n) is 2.94. The Bertz CT molecular complexity index is 829. The number of nitrogens with zero attached hydrogens (tertiary/aromatic N) is 4. The molecular formula is C18H18N4O3. The molecule has 3 heterocycles. The van der Waals surface area contributed by atoms with E-state index in [2.05, 4.69) is 10.3 Å². The van der Waals surface area contributed by atoms with E-state index in [0.29, 0.717) is 25.3 Å². The maximum Gasteiger partial charge on any atom is 0.257 e. The van der Waals surface area contributed by atoms with Crippen molar-refractivity contribution < 1.29 is 13.9 Å². The minimum Gasteiger partial charge on any atom is -0.487 e. The molecule has 1 atom stereocenters. The van der Waals surface area contributed by atoms with Crippen LogP contribution in [-0.2, 0) is 6.61 Å². The van der Waals surface area contributed by atoms with Gasteiger partial charge in [0.2, 0.25) is 0 Å². The molecule has 2 aromatic heterocycles. The van der Waals surface area contributed by atoms with Crippen molar-refractivity contribution in [2.45, 2.75) is 19.1 Å². The van der Waals surface area contributed by atoms with Gasteiger partial charge in [-0.2, -0.15) is 0 Å². The van der Waals surface area contributed by atoms with Crippen molar-refractivity contribution in [1.29, 1.82) is 0 Å². The van der Waals surface area contributed by atoms with Crippen LogP contribution in [0, 0.1) is 0 Å². The molecule has 7 heteroatoms. The Morgan fingerprint density at radius 2 is 2.16 bits per heavy atom. The van der Waals surface area contributed by atoms with Gasteiger partial charge >= 0.3 is 0 Å². The Morgan fingerprint density at radius 3 is 2.96 bits per heavy atom. The molecule has 1 amide bonds. The van der Waals surface area contributed by atoms with Gasteiger partial charge in [0.25, 0.3) is 5.91 Å². The number of aromatic nitrogens is 3. The van der Waals surface area contributed by atoms with Gasteiger partial charge < -0.3 is 14.1 Å². The van der Waals surface area contributed by atoms with E-state index in [-0.39, 0.29) is 11.9 Å². The summed E-state index contributed by atoms with van der Waals surface area (Å²) >= 11 is 0. The highest BCUT2D eigenvalue weighted by Gasteiger charge is 2.29. The third kappa shape index (κ3) is 3.40. The molecule has 1 aromatic carbocycles. The molecule has 0 bridgehead atoms. The zero-order chi connectivity index (χ0) is 17.1. The summed E-state index contributed by atoms with van der Waals surface area (Å²) < 4.78 is 12.5. The monoisotopic (exact) mass is 338 g/mol. The lowest BCUT2D eigenvalue weighted by Gasteiger charge is -2.15. The number of hydrogen-bond donors (Lipinski definition) is 0. The van der Waals surface area contributed by atoms with E-state index in [1.165, 1.54) is 12.5 Å². The summed E-state index contributed by atoms with van der Waals surface area (Å²) in [6, 6.07) is 11.4. The molecule has 4 rings (SSSR count). The first kappa shape index (κ1) is 15.4. The molecule has 0 N–H and O–H groups in total. The molecule has 1 fully saturated rings. The zero-order valence-corrected chi connectivity index (χ0v) is 13.6. The molecule has 1 unspecified atom stereocenters. The summed E-state index contributed by atoms with van der Waals surface area (Å²) in [5.41, 5.74) is 1.35. The number of likely N-dealkylation sites (tertiary alicyclic amines) is 1. The summed E-state index contributed by atoms with van der Waals surface area (Å²) in [4.78, 5) is 14.2. The van der Waals surface area contributed by atoms with E-state index in [0.717, 1.165) is 17.9 Å². The minimum absolute atomic E-state index is 0.0102. The minimum atomic E-state index is -0.0102. The van der Waals surface area contributed by atoms with Crippen LogP contribution in [-0.4, -0.2) is 38.9 Å². The Balaban J connectivity index is 1.35. The average Bonchev–Trinajstić information content (AvgIpc) is 3.41. The molecule has 0 radical (unpaired) electrons. The van der Waals surface area contributed by atoms with E-state index in [9.17, 15) is 4.79 Å². The maximum atomic E-state index is 12.4. The van der Waals surface area contributed by atoms with Crippen molar-refractivity contribution >= 4 is 5.91 Å². The smallest absolute Gasteiger partial charge is 0.257 e. The second-order valence-corrected chi connectivity index (χ2v) is 6.00. The Labute approximate surface area is 144 Å². The van der Waals surface area contributed by atoms with Gasteiger partial charge in [-0.3, -0.25) is 4.79 Å². The number of amides is 1. The molecule has 1 saturated heterocycles. The number of rotatable bonds is 5. The van der Waals surface area contributed by atoms with Crippen LogP contribution < -0.4 is 4.74 Å². The number of benzene rings is 1. The van der Waals surface area contributed by atoms with Gasteiger partial charge in [0.1, 0.15) is 24.3 Å². The molecule has 0 saturated carbocycles. The molecule has 7 nitrogen and oxygen atoms in total. The predicted molar refractivity (Wildman–Crippen MR) is 89.1 cm³/mol. The number of hydrogen-bond acceptors (Lipinski definition) is 5. The first-order valence-electron chi connectivity index (χ1n) is 8.19. The first-order valence-corrected chi connectivity index (χ1v) is 8.19. The van der Waals surface area contributed by atoms with E-state index >= 15 is 0 Å². The second kappa shape index (κ2) is 6.80. The third-order valence-corrected chi connectivity index (χ3v) is 4.28. The van der Waals surface area contributed by atoms with E-state index in [4.69, 9.17) is 9.15 Å². The van der Waals surface area contributed by atoms with Crippen LogP contribution in [0.1, 0.15) is 28.5 Å². The van der Waals surface area contributed by atoms with Crippen LogP contribution in [0.3, 0.4) is 0 Å². The van der Waals surface area contributed by atoms with Crippen molar-refractivity contribution in [1.82, 2.24) is 19.9 Å². The first-order chi connectivity index (χ1) is 12.3. The zero-order valence-electron chi connectivity index (χ0n) is 13.6. The van der Waals surface area contributed by atoms with Crippen molar-refractivity contribution in [2.75, 3.05) is 13.1 Å². The molecule has 1 aliphatic rings. The Morgan fingerprint density at radius 1 is 1.28 bits per heavy atom. The van der Waals surface area contributed by atoms with Crippen molar-refractivity contribution in [3.63, 3.8) is 0 Å². The van der Waals surface area contributed by atoms with Gasteiger partial charge in [-0.05, 0) is 24.6 Å². The fraction of sp³-hybridized carbons (Fsp3) is 0.278. The molecule has 0 aliphatic carbocycles.